The summed E-state index contributed by atoms with van der Waals surface area (Å²) in [6.07, 6.45) is 1.63. The van der Waals surface area contributed by atoms with Gasteiger partial charge in [-0.2, -0.15) is 0 Å². The molecule has 92 valence electrons. The van der Waals surface area contributed by atoms with Crippen molar-refractivity contribution in [3.05, 3.63) is 46.9 Å². The summed E-state index contributed by atoms with van der Waals surface area (Å²) in [4.78, 5) is 19.6. The highest BCUT2D eigenvalue weighted by atomic mass is 16.1. The molecule has 2 aromatic rings. The molecule has 0 N–H and O–H groups in total. The van der Waals surface area contributed by atoms with E-state index in [-0.39, 0.29) is 11.6 Å². The summed E-state index contributed by atoms with van der Waals surface area (Å²) in [7, 11) is 0. The molecule has 0 atom stereocenters. The summed E-state index contributed by atoms with van der Waals surface area (Å²) in [5, 5.41) is 0. The second-order valence-electron chi connectivity index (χ2n) is 4.50. The fourth-order valence-corrected chi connectivity index (χ4v) is 1.91. The number of aryl methyl sites for hydroxylation is 1. The summed E-state index contributed by atoms with van der Waals surface area (Å²) >= 11 is 0. The molecule has 0 spiro atoms. The average Bonchev–Trinajstić information content (AvgIpc) is 2.36. The van der Waals surface area contributed by atoms with E-state index in [1.165, 1.54) is 23.6 Å². The molecule has 0 aliphatic carbocycles. The fourth-order valence-electron chi connectivity index (χ4n) is 1.91. The number of hydrogen-bond acceptors (Lipinski definition) is 3. The lowest BCUT2D eigenvalue weighted by atomic mass is 9.97. The third kappa shape index (κ3) is 2.16. The van der Waals surface area contributed by atoms with E-state index < -0.39 is 0 Å². The molecule has 0 saturated carbocycles. The summed E-state index contributed by atoms with van der Waals surface area (Å²) in [6, 6.07) is 5.96. The molecule has 0 amide bonds. The van der Waals surface area contributed by atoms with Gasteiger partial charge in [-0.3, -0.25) is 4.79 Å². The maximum atomic E-state index is 11.3. The number of Topliss-reactive ketones (excluding diaryl/α,β-unsaturated/α-hetero) is 1. The third-order valence-electron chi connectivity index (χ3n) is 3.30. The van der Waals surface area contributed by atoms with Gasteiger partial charge in [0.25, 0.3) is 0 Å². The summed E-state index contributed by atoms with van der Waals surface area (Å²) in [5.41, 5.74) is 5.58. The topological polar surface area (TPSA) is 42.9 Å². The van der Waals surface area contributed by atoms with Gasteiger partial charge in [0.05, 0.1) is 5.69 Å². The van der Waals surface area contributed by atoms with Crippen LogP contribution in [-0.4, -0.2) is 15.8 Å². The van der Waals surface area contributed by atoms with Crippen molar-refractivity contribution in [2.45, 2.75) is 27.7 Å². The van der Waals surface area contributed by atoms with Crippen molar-refractivity contribution in [1.29, 1.82) is 0 Å². The smallest absolute Gasteiger partial charge is 0.196 e. The molecule has 0 unspecified atom stereocenters. The highest BCUT2D eigenvalue weighted by Gasteiger charge is 2.09. The number of aromatic nitrogens is 2. The number of carbonyl (C=O) groups excluding carboxylic acids is 1. The number of benzene rings is 1. The van der Waals surface area contributed by atoms with E-state index in [2.05, 4.69) is 36.8 Å². The Kier molecular flexibility index (Phi) is 3.24. The van der Waals surface area contributed by atoms with Crippen molar-refractivity contribution < 1.29 is 4.79 Å². The lowest BCUT2D eigenvalue weighted by Crippen LogP contribution is -2.02. The first-order valence-corrected chi connectivity index (χ1v) is 5.92. The minimum absolute atomic E-state index is 0.113. The van der Waals surface area contributed by atoms with Gasteiger partial charge >= 0.3 is 0 Å². The van der Waals surface area contributed by atoms with E-state index in [0.717, 1.165) is 11.3 Å². The third-order valence-corrected chi connectivity index (χ3v) is 3.30. The monoisotopic (exact) mass is 240 g/mol. The molecule has 0 fully saturated rings. The first-order valence-electron chi connectivity index (χ1n) is 5.92. The van der Waals surface area contributed by atoms with Gasteiger partial charge < -0.3 is 0 Å². The molecule has 0 aliphatic heterocycles. The van der Waals surface area contributed by atoms with Gasteiger partial charge in [0.2, 0.25) is 0 Å². The summed E-state index contributed by atoms with van der Waals surface area (Å²) < 4.78 is 0. The largest absolute Gasteiger partial charge is 0.291 e. The van der Waals surface area contributed by atoms with Gasteiger partial charge in [0, 0.05) is 18.7 Å². The van der Waals surface area contributed by atoms with Crippen molar-refractivity contribution in [1.82, 2.24) is 9.97 Å². The molecule has 18 heavy (non-hydrogen) atoms. The maximum absolute atomic E-state index is 11.3. The van der Waals surface area contributed by atoms with Crippen molar-refractivity contribution in [2.24, 2.45) is 0 Å². The number of carbonyl (C=O) groups is 1. The molecule has 3 nitrogen and oxygen atoms in total. The van der Waals surface area contributed by atoms with E-state index in [1.54, 1.807) is 6.20 Å². The lowest BCUT2D eigenvalue weighted by molar-refractivity contribution is 0.100. The van der Waals surface area contributed by atoms with Crippen LogP contribution in [0.1, 0.15) is 34.2 Å². The molecule has 0 radical (unpaired) electrons. The van der Waals surface area contributed by atoms with Crippen LogP contribution in [0.5, 0.6) is 0 Å². The van der Waals surface area contributed by atoms with Gasteiger partial charge in [-0.25, -0.2) is 9.97 Å². The van der Waals surface area contributed by atoms with E-state index in [4.69, 9.17) is 0 Å². The van der Waals surface area contributed by atoms with Crippen LogP contribution in [-0.2, 0) is 0 Å². The van der Waals surface area contributed by atoms with Crippen LogP contribution in [0, 0.1) is 20.8 Å². The SMILES string of the molecule is CC(=O)c1nccc(-c2ccc(C)c(C)c2C)n1. The van der Waals surface area contributed by atoms with E-state index in [0.29, 0.717) is 0 Å². The van der Waals surface area contributed by atoms with Crippen molar-refractivity contribution in [3.63, 3.8) is 0 Å². The van der Waals surface area contributed by atoms with Crippen LogP contribution in [0.2, 0.25) is 0 Å². The van der Waals surface area contributed by atoms with E-state index >= 15 is 0 Å². The number of ketones is 1. The highest BCUT2D eigenvalue weighted by molar-refractivity contribution is 5.90. The first-order chi connectivity index (χ1) is 8.50. The number of hydrogen-bond donors (Lipinski definition) is 0. The minimum atomic E-state index is -0.113. The molecular weight excluding hydrogens is 224 g/mol. The molecular formula is C15H16N2O. The fraction of sp³-hybridized carbons (Fsp3) is 0.267. The molecule has 1 aromatic carbocycles. The Labute approximate surface area is 107 Å². The Morgan fingerprint density at radius 1 is 1.06 bits per heavy atom. The van der Waals surface area contributed by atoms with Crippen LogP contribution < -0.4 is 0 Å². The molecule has 0 saturated heterocycles. The number of nitrogens with zero attached hydrogens (tertiary/aromatic N) is 2. The van der Waals surface area contributed by atoms with Gasteiger partial charge in [0.15, 0.2) is 11.6 Å². The Balaban J connectivity index is 2.59. The average molecular weight is 240 g/mol. The first kappa shape index (κ1) is 12.4. The van der Waals surface area contributed by atoms with Gasteiger partial charge in [-0.15, -0.1) is 0 Å². The molecule has 2 rings (SSSR count). The number of rotatable bonds is 2. The summed E-state index contributed by atoms with van der Waals surface area (Å²) in [5.74, 6) is 0.156. The van der Waals surface area contributed by atoms with Crippen molar-refractivity contribution in [2.75, 3.05) is 0 Å². The minimum Gasteiger partial charge on any atom is -0.291 e. The summed E-state index contributed by atoms with van der Waals surface area (Å²) in [6.45, 7) is 7.74. The molecule has 3 heteroatoms. The van der Waals surface area contributed by atoms with Crippen LogP contribution in [0.25, 0.3) is 11.3 Å². The van der Waals surface area contributed by atoms with Crippen LogP contribution in [0.3, 0.4) is 0 Å². The molecule has 0 bridgehead atoms. The maximum Gasteiger partial charge on any atom is 0.196 e. The van der Waals surface area contributed by atoms with Crippen molar-refractivity contribution >= 4 is 5.78 Å². The molecule has 1 heterocycles. The predicted molar refractivity (Wildman–Crippen MR) is 71.7 cm³/mol. The zero-order valence-electron chi connectivity index (χ0n) is 11.1. The van der Waals surface area contributed by atoms with Crippen LogP contribution in [0.4, 0.5) is 0 Å². The van der Waals surface area contributed by atoms with Gasteiger partial charge in [0.1, 0.15) is 0 Å². The normalized spacial score (nSPS) is 10.4. The quantitative estimate of drug-likeness (QED) is 0.756. The highest BCUT2D eigenvalue weighted by Crippen LogP contribution is 2.25. The predicted octanol–water partition coefficient (Wildman–Crippen LogP) is 3.27. The second kappa shape index (κ2) is 4.69. The van der Waals surface area contributed by atoms with Gasteiger partial charge in [-0.1, -0.05) is 12.1 Å². The Hall–Kier alpha value is -2.03. The van der Waals surface area contributed by atoms with Crippen LogP contribution in [0.15, 0.2) is 24.4 Å². The standard InChI is InChI=1S/C15H16N2O/c1-9-5-6-13(11(3)10(9)2)14-7-8-16-15(17-14)12(4)18/h5-8H,1-4H3. The Morgan fingerprint density at radius 2 is 1.78 bits per heavy atom. The Morgan fingerprint density at radius 3 is 2.44 bits per heavy atom. The lowest BCUT2D eigenvalue weighted by Gasteiger charge is -2.11. The second-order valence-corrected chi connectivity index (χ2v) is 4.50. The zero-order chi connectivity index (χ0) is 13.3. The van der Waals surface area contributed by atoms with E-state index in [9.17, 15) is 4.79 Å². The van der Waals surface area contributed by atoms with Crippen molar-refractivity contribution in [3.8, 4) is 11.3 Å². The van der Waals surface area contributed by atoms with E-state index in [1.807, 2.05) is 12.1 Å². The molecule has 1 aromatic heterocycles. The Bertz CT molecular complexity index is 618. The molecule has 0 aliphatic rings. The van der Waals surface area contributed by atoms with Crippen LogP contribution >= 0.6 is 0 Å². The zero-order valence-corrected chi connectivity index (χ0v) is 11.1. The van der Waals surface area contributed by atoms with Gasteiger partial charge in [-0.05, 0) is 43.5 Å².